The van der Waals surface area contributed by atoms with Crippen molar-refractivity contribution in [2.75, 3.05) is 6.61 Å². The third-order valence-electron chi connectivity index (χ3n) is 1.93. The van der Waals surface area contributed by atoms with Gasteiger partial charge in [-0.15, -0.1) is 0 Å². The molecule has 0 unspecified atom stereocenters. The predicted molar refractivity (Wildman–Crippen MR) is 65.6 cm³/mol. The van der Waals surface area contributed by atoms with Gasteiger partial charge in [-0.1, -0.05) is 23.9 Å². The van der Waals surface area contributed by atoms with Crippen molar-refractivity contribution in [1.82, 2.24) is 0 Å². The molecule has 0 saturated heterocycles. The largest absolute Gasteiger partial charge is 0.494 e. The van der Waals surface area contributed by atoms with E-state index in [1.807, 2.05) is 26.0 Å². The molecule has 0 aliphatic heterocycles. The Balaban J connectivity index is 2.68. The number of hydrogen-bond donors (Lipinski definition) is 2. The molecule has 0 aliphatic carbocycles. The van der Waals surface area contributed by atoms with Crippen LogP contribution in [0.25, 0.3) is 0 Å². The first-order valence-corrected chi connectivity index (χ1v) is 5.81. The summed E-state index contributed by atoms with van der Waals surface area (Å²) >= 11 is 1.33. The van der Waals surface area contributed by atoms with Gasteiger partial charge in [0.25, 0.3) is 0 Å². The van der Waals surface area contributed by atoms with Gasteiger partial charge in [0.05, 0.1) is 6.61 Å². The zero-order valence-electron chi connectivity index (χ0n) is 9.04. The molecule has 15 heavy (non-hydrogen) atoms. The van der Waals surface area contributed by atoms with Crippen LogP contribution in [-0.2, 0) is 5.75 Å². The van der Waals surface area contributed by atoms with E-state index >= 15 is 0 Å². The first kappa shape index (κ1) is 11.9. The fourth-order valence-electron chi connectivity index (χ4n) is 1.28. The fourth-order valence-corrected chi connectivity index (χ4v) is 1.78. The van der Waals surface area contributed by atoms with Crippen LogP contribution in [-0.4, -0.2) is 11.8 Å². The maximum Gasteiger partial charge on any atom is 0.151 e. The van der Waals surface area contributed by atoms with Gasteiger partial charge >= 0.3 is 0 Å². The molecule has 0 aliphatic rings. The van der Waals surface area contributed by atoms with E-state index in [1.165, 1.54) is 11.8 Å². The van der Waals surface area contributed by atoms with Crippen LogP contribution in [0.15, 0.2) is 18.2 Å². The maximum atomic E-state index is 7.12. The van der Waals surface area contributed by atoms with E-state index in [1.54, 1.807) is 0 Å². The smallest absolute Gasteiger partial charge is 0.151 e. The second-order valence-corrected chi connectivity index (χ2v) is 4.20. The summed E-state index contributed by atoms with van der Waals surface area (Å²) in [6, 6.07) is 6.05. The number of benzene rings is 1. The van der Waals surface area contributed by atoms with E-state index in [0.717, 1.165) is 22.6 Å². The van der Waals surface area contributed by atoms with Gasteiger partial charge < -0.3 is 10.5 Å². The summed E-state index contributed by atoms with van der Waals surface area (Å²) in [5, 5.41) is 7.28. The molecule has 1 aromatic carbocycles. The fraction of sp³-hybridized carbons (Fsp3) is 0.364. The molecular formula is C11H16N2OS. The van der Waals surface area contributed by atoms with Gasteiger partial charge in [-0.25, -0.2) is 0 Å². The van der Waals surface area contributed by atoms with Gasteiger partial charge in [0, 0.05) is 5.75 Å². The maximum absolute atomic E-state index is 7.12. The monoisotopic (exact) mass is 224 g/mol. The third-order valence-corrected chi connectivity index (χ3v) is 2.72. The summed E-state index contributed by atoms with van der Waals surface area (Å²) in [4.78, 5) is 0. The van der Waals surface area contributed by atoms with Gasteiger partial charge in [-0.2, -0.15) is 0 Å². The second kappa shape index (κ2) is 5.66. The van der Waals surface area contributed by atoms with Gasteiger partial charge in [0.2, 0.25) is 0 Å². The highest BCUT2D eigenvalue weighted by Gasteiger charge is 2.01. The molecule has 4 heteroatoms. The Labute approximate surface area is 94.5 Å². The van der Waals surface area contributed by atoms with Gasteiger partial charge in [0.1, 0.15) is 5.75 Å². The van der Waals surface area contributed by atoms with E-state index in [9.17, 15) is 0 Å². The lowest BCUT2D eigenvalue weighted by Gasteiger charge is -2.08. The number of nitrogens with one attached hydrogen (secondary N) is 1. The SMILES string of the molecule is CCOc1ccc(CSC(=N)N)cc1C. The summed E-state index contributed by atoms with van der Waals surface area (Å²) in [6.07, 6.45) is 0. The van der Waals surface area contributed by atoms with Crippen molar-refractivity contribution in [3.63, 3.8) is 0 Å². The Hall–Kier alpha value is -1.16. The zero-order chi connectivity index (χ0) is 11.3. The number of hydrogen-bond acceptors (Lipinski definition) is 3. The molecule has 1 aromatic rings. The first-order valence-electron chi connectivity index (χ1n) is 4.82. The van der Waals surface area contributed by atoms with Gasteiger partial charge in [0.15, 0.2) is 5.17 Å². The molecule has 0 fully saturated rings. The van der Waals surface area contributed by atoms with Crippen LogP contribution in [0.5, 0.6) is 5.75 Å². The third kappa shape index (κ3) is 3.83. The summed E-state index contributed by atoms with van der Waals surface area (Å²) in [5.41, 5.74) is 7.56. The molecule has 0 aromatic heterocycles. The number of ether oxygens (including phenoxy) is 1. The first-order chi connectivity index (χ1) is 7.13. The quantitative estimate of drug-likeness (QED) is 0.610. The normalized spacial score (nSPS) is 10.0. The van der Waals surface area contributed by atoms with Crippen molar-refractivity contribution in [2.24, 2.45) is 5.73 Å². The van der Waals surface area contributed by atoms with E-state index in [2.05, 4.69) is 6.07 Å². The van der Waals surface area contributed by atoms with Gasteiger partial charge in [-0.05, 0) is 31.0 Å². The van der Waals surface area contributed by atoms with E-state index in [0.29, 0.717) is 6.61 Å². The van der Waals surface area contributed by atoms with Crippen molar-refractivity contribution in [1.29, 1.82) is 5.41 Å². The molecule has 0 radical (unpaired) electrons. The average molecular weight is 224 g/mol. The van der Waals surface area contributed by atoms with Crippen molar-refractivity contribution < 1.29 is 4.74 Å². The Kier molecular flexibility index (Phi) is 4.49. The summed E-state index contributed by atoms with van der Waals surface area (Å²) < 4.78 is 5.44. The Morgan fingerprint density at radius 3 is 2.80 bits per heavy atom. The zero-order valence-corrected chi connectivity index (χ0v) is 9.86. The molecule has 1 rings (SSSR count). The van der Waals surface area contributed by atoms with Crippen molar-refractivity contribution in [3.05, 3.63) is 29.3 Å². The molecule has 0 bridgehead atoms. The number of nitrogens with two attached hydrogens (primary N) is 1. The topological polar surface area (TPSA) is 59.1 Å². The highest BCUT2D eigenvalue weighted by molar-refractivity contribution is 8.13. The summed E-state index contributed by atoms with van der Waals surface area (Å²) in [7, 11) is 0. The molecule has 0 atom stereocenters. The van der Waals surface area contributed by atoms with Crippen molar-refractivity contribution in [2.45, 2.75) is 19.6 Å². The molecule has 3 nitrogen and oxygen atoms in total. The Morgan fingerprint density at radius 2 is 2.27 bits per heavy atom. The average Bonchev–Trinajstić information content (AvgIpc) is 2.19. The van der Waals surface area contributed by atoms with E-state index < -0.39 is 0 Å². The molecule has 0 heterocycles. The molecular weight excluding hydrogens is 208 g/mol. The van der Waals surface area contributed by atoms with Crippen LogP contribution >= 0.6 is 11.8 Å². The lowest BCUT2D eigenvalue weighted by molar-refractivity contribution is 0.338. The van der Waals surface area contributed by atoms with Crippen LogP contribution < -0.4 is 10.5 Å². The van der Waals surface area contributed by atoms with Crippen molar-refractivity contribution >= 4 is 16.9 Å². The Bertz CT molecular complexity index is 352. The minimum absolute atomic E-state index is 0.154. The van der Waals surface area contributed by atoms with Crippen LogP contribution in [0, 0.1) is 12.3 Å². The number of rotatable bonds is 4. The standard InChI is InChI=1S/C11H16N2OS/c1-3-14-10-5-4-9(6-8(10)2)7-15-11(12)13/h4-6H,3,7H2,1-2H3,(H3,12,13). The lowest BCUT2D eigenvalue weighted by atomic mass is 10.1. The minimum atomic E-state index is 0.154. The van der Waals surface area contributed by atoms with Gasteiger partial charge in [-0.3, -0.25) is 5.41 Å². The van der Waals surface area contributed by atoms with Crippen LogP contribution in [0.1, 0.15) is 18.1 Å². The molecule has 3 N–H and O–H groups in total. The number of amidine groups is 1. The summed E-state index contributed by atoms with van der Waals surface area (Å²) in [5.74, 6) is 1.66. The van der Waals surface area contributed by atoms with Crippen molar-refractivity contribution in [3.8, 4) is 5.75 Å². The second-order valence-electron chi connectivity index (χ2n) is 3.19. The van der Waals surface area contributed by atoms with Crippen LogP contribution in [0.2, 0.25) is 0 Å². The van der Waals surface area contributed by atoms with E-state index in [4.69, 9.17) is 15.9 Å². The highest BCUT2D eigenvalue weighted by Crippen LogP contribution is 2.21. The molecule has 0 amide bonds. The summed E-state index contributed by atoms with van der Waals surface area (Å²) in [6.45, 7) is 4.67. The molecule has 82 valence electrons. The minimum Gasteiger partial charge on any atom is -0.494 e. The lowest BCUT2D eigenvalue weighted by Crippen LogP contribution is -2.03. The Morgan fingerprint density at radius 1 is 1.53 bits per heavy atom. The van der Waals surface area contributed by atoms with Crippen LogP contribution in [0.4, 0.5) is 0 Å². The predicted octanol–water partition coefficient (Wildman–Crippen LogP) is 2.52. The molecule has 0 spiro atoms. The van der Waals surface area contributed by atoms with E-state index in [-0.39, 0.29) is 5.17 Å². The highest BCUT2D eigenvalue weighted by atomic mass is 32.2. The molecule has 0 saturated carbocycles. The van der Waals surface area contributed by atoms with Crippen LogP contribution in [0.3, 0.4) is 0 Å². The number of aryl methyl sites for hydroxylation is 1. The number of thioether (sulfide) groups is 1.